The molecule has 28 heavy (non-hydrogen) atoms. The summed E-state index contributed by atoms with van der Waals surface area (Å²) in [6.07, 6.45) is 0.211. The molecule has 2 aromatic carbocycles. The van der Waals surface area contributed by atoms with E-state index in [9.17, 15) is 9.59 Å². The van der Waals surface area contributed by atoms with Crippen LogP contribution in [-0.2, 0) is 16.1 Å². The van der Waals surface area contributed by atoms with Crippen molar-refractivity contribution in [2.75, 3.05) is 26.7 Å². The van der Waals surface area contributed by atoms with Gasteiger partial charge in [-0.3, -0.25) is 14.5 Å². The molecule has 1 aliphatic rings. The van der Waals surface area contributed by atoms with E-state index in [-0.39, 0.29) is 23.7 Å². The minimum atomic E-state index is -0.393. The van der Waals surface area contributed by atoms with Crippen molar-refractivity contribution < 1.29 is 9.59 Å². The van der Waals surface area contributed by atoms with Crippen LogP contribution in [0.4, 0.5) is 0 Å². The molecule has 0 radical (unpaired) electrons. The second kappa shape index (κ2) is 8.31. The second-order valence-electron chi connectivity index (χ2n) is 8.93. The number of carbonyl (C=O) groups is 2. The van der Waals surface area contributed by atoms with Gasteiger partial charge >= 0.3 is 0 Å². The zero-order valence-corrected chi connectivity index (χ0v) is 17.4. The maximum atomic E-state index is 12.9. The molecule has 1 N–H and O–H groups in total. The summed E-state index contributed by atoms with van der Waals surface area (Å²) in [5, 5.41) is 5.25. The molecule has 1 aliphatic heterocycles. The molecule has 2 aromatic rings. The number of hydrogen-bond donors (Lipinski definition) is 1. The van der Waals surface area contributed by atoms with Crippen LogP contribution in [0.5, 0.6) is 0 Å². The third kappa shape index (κ3) is 4.90. The molecule has 5 heteroatoms. The zero-order chi connectivity index (χ0) is 20.3. The summed E-state index contributed by atoms with van der Waals surface area (Å²) in [5.74, 6) is -0.0451. The summed E-state index contributed by atoms with van der Waals surface area (Å²) in [5.41, 5.74) is 1.20. The van der Waals surface area contributed by atoms with E-state index < -0.39 is 6.04 Å². The Morgan fingerprint density at radius 2 is 1.89 bits per heavy atom. The number of fused-ring (bicyclic) bond motifs is 1. The van der Waals surface area contributed by atoms with Gasteiger partial charge in [0.05, 0.1) is 12.5 Å². The van der Waals surface area contributed by atoms with Gasteiger partial charge in [-0.25, -0.2) is 0 Å². The number of benzene rings is 2. The summed E-state index contributed by atoms with van der Waals surface area (Å²) in [6.45, 7) is 9.24. The van der Waals surface area contributed by atoms with Crippen molar-refractivity contribution in [2.45, 2.75) is 39.8 Å². The topological polar surface area (TPSA) is 52.7 Å². The van der Waals surface area contributed by atoms with Crippen LogP contribution in [0.15, 0.2) is 42.5 Å². The molecule has 2 amide bonds. The summed E-state index contributed by atoms with van der Waals surface area (Å²) < 4.78 is 0. The Morgan fingerprint density at radius 1 is 1.18 bits per heavy atom. The number of carbonyl (C=O) groups excluding carboxylic acids is 2. The molecule has 0 aliphatic carbocycles. The predicted octanol–water partition coefficient (Wildman–Crippen LogP) is 3.03. The maximum Gasteiger partial charge on any atom is 0.237 e. The summed E-state index contributed by atoms with van der Waals surface area (Å²) >= 11 is 0. The van der Waals surface area contributed by atoms with E-state index in [4.69, 9.17) is 0 Å². The van der Waals surface area contributed by atoms with Crippen molar-refractivity contribution in [2.24, 2.45) is 5.41 Å². The number of nitrogens with one attached hydrogen (secondary N) is 1. The van der Waals surface area contributed by atoms with Gasteiger partial charge in [-0.15, -0.1) is 0 Å². The van der Waals surface area contributed by atoms with Crippen LogP contribution in [-0.4, -0.2) is 54.3 Å². The van der Waals surface area contributed by atoms with E-state index in [0.717, 1.165) is 24.0 Å². The Kier molecular flexibility index (Phi) is 6.04. The van der Waals surface area contributed by atoms with Crippen LogP contribution in [0.3, 0.4) is 0 Å². The van der Waals surface area contributed by atoms with Crippen LogP contribution < -0.4 is 5.32 Å². The van der Waals surface area contributed by atoms with E-state index in [1.807, 2.05) is 25.2 Å². The number of piperazine rings is 1. The van der Waals surface area contributed by atoms with Crippen molar-refractivity contribution in [3.8, 4) is 0 Å². The average Bonchev–Trinajstić information content (AvgIpc) is 2.63. The van der Waals surface area contributed by atoms with Crippen LogP contribution in [0.1, 0.15) is 32.8 Å². The van der Waals surface area contributed by atoms with Gasteiger partial charge in [-0.05, 0) is 21.8 Å². The summed E-state index contributed by atoms with van der Waals surface area (Å²) in [7, 11) is 1.82. The molecule has 0 unspecified atom stereocenters. The van der Waals surface area contributed by atoms with Gasteiger partial charge in [0, 0.05) is 33.2 Å². The first kappa shape index (κ1) is 20.3. The monoisotopic (exact) mass is 381 g/mol. The van der Waals surface area contributed by atoms with E-state index in [1.54, 1.807) is 4.90 Å². The molecule has 3 rings (SSSR count). The van der Waals surface area contributed by atoms with E-state index >= 15 is 0 Å². The van der Waals surface area contributed by atoms with E-state index in [1.165, 1.54) is 5.39 Å². The predicted molar refractivity (Wildman–Crippen MR) is 113 cm³/mol. The molecule has 150 valence electrons. The van der Waals surface area contributed by atoms with Gasteiger partial charge in [0.1, 0.15) is 0 Å². The fourth-order valence-electron chi connectivity index (χ4n) is 3.88. The molecule has 0 spiro atoms. The second-order valence-corrected chi connectivity index (χ2v) is 8.93. The normalized spacial score (nSPS) is 18.1. The summed E-state index contributed by atoms with van der Waals surface area (Å²) in [6, 6.07) is 14.0. The first-order chi connectivity index (χ1) is 13.2. The minimum absolute atomic E-state index is 0.00565. The highest BCUT2D eigenvalue weighted by atomic mass is 16.2. The SMILES string of the molecule is CN(Cc1cccc2ccccc12)C(=O)C[C@H]1C(=O)NCCN1CC(C)(C)C. The molecule has 0 saturated carbocycles. The molecule has 1 heterocycles. The maximum absolute atomic E-state index is 12.9. The fourth-order valence-corrected chi connectivity index (χ4v) is 3.88. The smallest absolute Gasteiger partial charge is 0.237 e. The quantitative estimate of drug-likeness (QED) is 0.866. The number of amides is 2. The standard InChI is InChI=1S/C23H31N3O2/c1-23(2,3)16-26-13-12-24-22(28)20(26)14-21(27)25(4)15-18-10-7-9-17-8-5-6-11-19(17)18/h5-11,20H,12-16H2,1-4H3,(H,24,28)/t20-/m0/s1. The Morgan fingerprint density at radius 3 is 2.64 bits per heavy atom. The third-order valence-electron chi connectivity index (χ3n) is 5.20. The molecule has 0 bridgehead atoms. The molecule has 0 aromatic heterocycles. The van der Waals surface area contributed by atoms with Crippen molar-refractivity contribution in [1.82, 2.24) is 15.1 Å². The third-order valence-corrected chi connectivity index (χ3v) is 5.20. The number of rotatable bonds is 5. The van der Waals surface area contributed by atoms with Crippen LogP contribution in [0, 0.1) is 5.41 Å². The number of hydrogen-bond acceptors (Lipinski definition) is 3. The van der Waals surface area contributed by atoms with Gasteiger partial charge in [0.15, 0.2) is 0 Å². The Balaban J connectivity index is 1.70. The van der Waals surface area contributed by atoms with Crippen LogP contribution >= 0.6 is 0 Å². The van der Waals surface area contributed by atoms with Gasteiger partial charge < -0.3 is 10.2 Å². The lowest BCUT2D eigenvalue weighted by atomic mass is 9.94. The highest BCUT2D eigenvalue weighted by Crippen LogP contribution is 2.22. The fraction of sp³-hybridized carbons (Fsp3) is 0.478. The molecule has 5 nitrogen and oxygen atoms in total. The highest BCUT2D eigenvalue weighted by molar-refractivity contribution is 5.89. The van der Waals surface area contributed by atoms with E-state index in [0.29, 0.717) is 13.1 Å². The molecular weight excluding hydrogens is 350 g/mol. The van der Waals surface area contributed by atoms with Crippen molar-refractivity contribution in [3.63, 3.8) is 0 Å². The number of nitrogens with zero attached hydrogens (tertiary/aromatic N) is 2. The lowest BCUT2D eigenvalue weighted by Gasteiger charge is -2.39. The van der Waals surface area contributed by atoms with Gasteiger partial charge in [0.25, 0.3) is 0 Å². The molecule has 1 saturated heterocycles. The van der Waals surface area contributed by atoms with Gasteiger partial charge in [-0.1, -0.05) is 63.2 Å². The first-order valence-corrected chi connectivity index (χ1v) is 9.97. The Bertz CT molecular complexity index is 851. The lowest BCUT2D eigenvalue weighted by molar-refractivity contribution is -0.138. The molecule has 1 fully saturated rings. The largest absolute Gasteiger partial charge is 0.353 e. The summed E-state index contributed by atoms with van der Waals surface area (Å²) in [4.78, 5) is 29.3. The highest BCUT2D eigenvalue weighted by Gasteiger charge is 2.34. The van der Waals surface area contributed by atoms with Crippen LogP contribution in [0.25, 0.3) is 10.8 Å². The minimum Gasteiger partial charge on any atom is -0.353 e. The van der Waals surface area contributed by atoms with Gasteiger partial charge in [-0.2, -0.15) is 0 Å². The van der Waals surface area contributed by atoms with Crippen molar-refractivity contribution in [3.05, 3.63) is 48.0 Å². The molecular formula is C23H31N3O2. The Hall–Kier alpha value is -2.40. The van der Waals surface area contributed by atoms with Crippen LogP contribution in [0.2, 0.25) is 0 Å². The Labute approximate surface area is 167 Å². The molecule has 1 atom stereocenters. The van der Waals surface area contributed by atoms with E-state index in [2.05, 4.69) is 55.3 Å². The average molecular weight is 382 g/mol. The van der Waals surface area contributed by atoms with Crippen molar-refractivity contribution >= 4 is 22.6 Å². The first-order valence-electron chi connectivity index (χ1n) is 9.97. The van der Waals surface area contributed by atoms with Gasteiger partial charge in [0.2, 0.25) is 11.8 Å². The lowest BCUT2D eigenvalue weighted by Crippen LogP contribution is -2.58. The van der Waals surface area contributed by atoms with Crippen molar-refractivity contribution in [1.29, 1.82) is 0 Å². The zero-order valence-electron chi connectivity index (χ0n) is 17.4.